The molecule has 0 aliphatic carbocycles. The second-order valence-electron chi connectivity index (χ2n) is 5.07. The van der Waals surface area contributed by atoms with Crippen LogP contribution in [-0.2, 0) is 13.0 Å². The molecule has 0 amide bonds. The maximum atomic E-state index is 5.79. The van der Waals surface area contributed by atoms with Crippen molar-refractivity contribution in [3.05, 3.63) is 52.6 Å². The SMILES string of the molecule is Cc1cc(C)cc(OCc2nc(C)cc(CCN)n2)c1.Cl. The minimum absolute atomic E-state index is 0. The fourth-order valence-corrected chi connectivity index (χ4v) is 2.20. The third-order valence-corrected chi connectivity index (χ3v) is 2.92. The van der Waals surface area contributed by atoms with Crippen molar-refractivity contribution in [2.24, 2.45) is 5.73 Å². The Kier molecular flexibility index (Phi) is 6.59. The molecule has 4 nitrogen and oxygen atoms in total. The lowest BCUT2D eigenvalue weighted by atomic mass is 10.1. The number of nitrogens with two attached hydrogens (primary N) is 1. The van der Waals surface area contributed by atoms with Crippen LogP contribution in [0.1, 0.15) is 28.3 Å². The fraction of sp³-hybridized carbons (Fsp3) is 0.375. The van der Waals surface area contributed by atoms with Crippen LogP contribution >= 0.6 is 12.4 Å². The fourth-order valence-electron chi connectivity index (χ4n) is 2.20. The van der Waals surface area contributed by atoms with Crippen molar-refractivity contribution in [3.8, 4) is 5.75 Å². The first-order valence-corrected chi connectivity index (χ1v) is 6.81. The van der Waals surface area contributed by atoms with Gasteiger partial charge in [0.05, 0.1) is 0 Å². The number of nitrogens with zero attached hydrogens (tertiary/aromatic N) is 2. The third kappa shape index (κ3) is 5.33. The Labute approximate surface area is 132 Å². The second kappa shape index (κ2) is 7.96. The van der Waals surface area contributed by atoms with E-state index in [4.69, 9.17) is 10.5 Å². The first-order chi connectivity index (χ1) is 9.56. The van der Waals surface area contributed by atoms with Gasteiger partial charge in [-0.1, -0.05) is 6.07 Å². The van der Waals surface area contributed by atoms with Crippen LogP contribution in [0.4, 0.5) is 0 Å². The lowest BCUT2D eigenvalue weighted by Gasteiger charge is -2.09. The van der Waals surface area contributed by atoms with E-state index < -0.39 is 0 Å². The largest absolute Gasteiger partial charge is 0.486 e. The molecule has 0 bridgehead atoms. The first kappa shape index (κ1) is 17.4. The third-order valence-electron chi connectivity index (χ3n) is 2.92. The second-order valence-corrected chi connectivity index (χ2v) is 5.07. The zero-order chi connectivity index (χ0) is 14.5. The molecule has 0 fully saturated rings. The lowest BCUT2D eigenvalue weighted by molar-refractivity contribution is 0.294. The summed E-state index contributed by atoms with van der Waals surface area (Å²) in [6.07, 6.45) is 0.764. The molecule has 2 N–H and O–H groups in total. The summed E-state index contributed by atoms with van der Waals surface area (Å²) in [4.78, 5) is 8.87. The molecule has 0 atom stereocenters. The minimum Gasteiger partial charge on any atom is -0.486 e. The number of aromatic nitrogens is 2. The first-order valence-electron chi connectivity index (χ1n) is 6.81. The van der Waals surface area contributed by atoms with E-state index >= 15 is 0 Å². The van der Waals surface area contributed by atoms with Gasteiger partial charge in [-0.25, -0.2) is 9.97 Å². The zero-order valence-corrected chi connectivity index (χ0v) is 13.5. The molecular weight excluding hydrogens is 286 g/mol. The average molecular weight is 308 g/mol. The molecule has 0 saturated carbocycles. The highest BCUT2D eigenvalue weighted by Crippen LogP contribution is 2.17. The van der Waals surface area contributed by atoms with Crippen LogP contribution < -0.4 is 10.5 Å². The molecule has 1 aromatic heterocycles. The molecule has 0 saturated heterocycles. The van der Waals surface area contributed by atoms with Gasteiger partial charge in [0.2, 0.25) is 0 Å². The Balaban J connectivity index is 0.00000220. The number of hydrogen-bond acceptors (Lipinski definition) is 4. The highest BCUT2D eigenvalue weighted by Gasteiger charge is 2.04. The molecule has 0 aliphatic heterocycles. The number of ether oxygens (including phenoxy) is 1. The van der Waals surface area contributed by atoms with Crippen molar-refractivity contribution in [2.75, 3.05) is 6.54 Å². The molecule has 21 heavy (non-hydrogen) atoms. The Morgan fingerprint density at radius 1 is 1.00 bits per heavy atom. The van der Waals surface area contributed by atoms with Crippen LogP contribution in [0.5, 0.6) is 5.75 Å². The molecule has 5 heteroatoms. The van der Waals surface area contributed by atoms with E-state index in [0.717, 1.165) is 23.6 Å². The maximum absolute atomic E-state index is 5.79. The van der Waals surface area contributed by atoms with E-state index in [0.29, 0.717) is 19.0 Å². The Bertz CT molecular complexity index is 582. The van der Waals surface area contributed by atoms with E-state index in [9.17, 15) is 0 Å². The highest BCUT2D eigenvalue weighted by atomic mass is 35.5. The minimum atomic E-state index is 0. The molecule has 1 aromatic carbocycles. The molecule has 2 aromatic rings. The molecule has 114 valence electrons. The maximum Gasteiger partial charge on any atom is 0.166 e. The summed E-state index contributed by atoms with van der Waals surface area (Å²) >= 11 is 0. The van der Waals surface area contributed by atoms with Gasteiger partial charge in [0.25, 0.3) is 0 Å². The molecule has 0 aliphatic rings. The Morgan fingerprint density at radius 3 is 2.29 bits per heavy atom. The smallest absolute Gasteiger partial charge is 0.166 e. The highest BCUT2D eigenvalue weighted by molar-refractivity contribution is 5.85. The van der Waals surface area contributed by atoms with E-state index in [1.807, 2.05) is 25.1 Å². The van der Waals surface area contributed by atoms with Gasteiger partial charge >= 0.3 is 0 Å². The van der Waals surface area contributed by atoms with Crippen LogP contribution in [0.3, 0.4) is 0 Å². The molecule has 1 heterocycles. The van der Waals surface area contributed by atoms with Gasteiger partial charge in [-0.15, -0.1) is 12.4 Å². The van der Waals surface area contributed by atoms with Gasteiger partial charge in [-0.05, 0) is 56.6 Å². The predicted octanol–water partition coefficient (Wildman–Crippen LogP) is 2.90. The van der Waals surface area contributed by atoms with Gasteiger partial charge in [-0.2, -0.15) is 0 Å². The van der Waals surface area contributed by atoms with Crippen molar-refractivity contribution < 1.29 is 4.74 Å². The number of benzene rings is 1. The summed E-state index contributed by atoms with van der Waals surface area (Å²) in [5.74, 6) is 1.56. The van der Waals surface area contributed by atoms with Gasteiger partial charge in [-0.3, -0.25) is 0 Å². The summed E-state index contributed by atoms with van der Waals surface area (Å²) in [7, 11) is 0. The number of rotatable bonds is 5. The normalized spacial score (nSPS) is 10.1. The van der Waals surface area contributed by atoms with Crippen molar-refractivity contribution >= 4 is 12.4 Å². The van der Waals surface area contributed by atoms with Crippen molar-refractivity contribution in [3.63, 3.8) is 0 Å². The summed E-state index contributed by atoms with van der Waals surface area (Å²) < 4.78 is 5.79. The van der Waals surface area contributed by atoms with Gasteiger partial charge in [0.15, 0.2) is 5.82 Å². The van der Waals surface area contributed by atoms with E-state index in [-0.39, 0.29) is 12.4 Å². The molecule has 2 rings (SSSR count). The van der Waals surface area contributed by atoms with E-state index in [1.165, 1.54) is 11.1 Å². The van der Waals surface area contributed by atoms with Crippen LogP contribution in [0, 0.1) is 20.8 Å². The summed E-state index contributed by atoms with van der Waals surface area (Å²) in [5.41, 5.74) is 9.86. The number of hydrogen-bond donors (Lipinski definition) is 1. The summed E-state index contributed by atoms with van der Waals surface area (Å²) in [5, 5.41) is 0. The molecule has 0 unspecified atom stereocenters. The quantitative estimate of drug-likeness (QED) is 0.922. The van der Waals surface area contributed by atoms with Crippen LogP contribution in [0.2, 0.25) is 0 Å². The molecule has 0 radical (unpaired) electrons. The molecule has 0 spiro atoms. The predicted molar refractivity (Wildman–Crippen MR) is 87.0 cm³/mol. The molecular formula is C16H22ClN3O. The summed E-state index contributed by atoms with van der Waals surface area (Å²) in [6, 6.07) is 8.12. The van der Waals surface area contributed by atoms with Crippen molar-refractivity contribution in [1.82, 2.24) is 9.97 Å². The van der Waals surface area contributed by atoms with Crippen LogP contribution in [0.25, 0.3) is 0 Å². The van der Waals surface area contributed by atoms with Crippen LogP contribution in [0.15, 0.2) is 24.3 Å². The van der Waals surface area contributed by atoms with Gasteiger partial charge in [0, 0.05) is 17.8 Å². The van der Waals surface area contributed by atoms with Gasteiger partial charge < -0.3 is 10.5 Å². The number of halogens is 1. The van der Waals surface area contributed by atoms with Crippen LogP contribution in [-0.4, -0.2) is 16.5 Å². The van der Waals surface area contributed by atoms with Gasteiger partial charge in [0.1, 0.15) is 12.4 Å². The van der Waals surface area contributed by atoms with Crippen molar-refractivity contribution in [2.45, 2.75) is 33.8 Å². The van der Waals surface area contributed by atoms with Crippen molar-refractivity contribution in [1.29, 1.82) is 0 Å². The zero-order valence-electron chi connectivity index (χ0n) is 12.7. The van der Waals surface area contributed by atoms with E-state index in [1.54, 1.807) is 0 Å². The Morgan fingerprint density at radius 2 is 1.67 bits per heavy atom. The Hall–Kier alpha value is -1.65. The van der Waals surface area contributed by atoms with E-state index in [2.05, 4.69) is 29.9 Å². The lowest BCUT2D eigenvalue weighted by Crippen LogP contribution is -2.09. The standard InChI is InChI=1S/C16H21N3O.ClH/c1-11-6-12(2)8-15(7-11)20-10-16-18-13(3)9-14(19-16)4-5-17;/h6-9H,4-5,10,17H2,1-3H3;1H. The average Bonchev–Trinajstić information content (AvgIpc) is 2.35. The topological polar surface area (TPSA) is 61.0 Å². The monoisotopic (exact) mass is 307 g/mol. The number of aryl methyl sites for hydroxylation is 3. The summed E-state index contributed by atoms with van der Waals surface area (Å²) in [6.45, 7) is 7.04.